The molecule has 37 heavy (non-hydrogen) atoms. The fourth-order valence-electron chi connectivity index (χ4n) is 5.49. The highest BCUT2D eigenvalue weighted by Crippen LogP contribution is 2.31. The smallest absolute Gasteiger partial charge is 0.335 e. The Labute approximate surface area is 217 Å². The van der Waals surface area contributed by atoms with Crippen molar-refractivity contribution in [3.63, 3.8) is 0 Å². The number of amidine groups is 1. The number of benzene rings is 2. The van der Waals surface area contributed by atoms with Crippen LogP contribution in [0.25, 0.3) is 5.69 Å². The summed E-state index contributed by atoms with van der Waals surface area (Å²) in [6, 6.07) is 13.1. The van der Waals surface area contributed by atoms with Crippen LogP contribution in [-0.2, 0) is 0 Å². The highest BCUT2D eigenvalue weighted by Gasteiger charge is 2.38. The van der Waals surface area contributed by atoms with Gasteiger partial charge < -0.3 is 15.7 Å². The lowest BCUT2D eigenvalue weighted by atomic mass is 9.80. The van der Waals surface area contributed by atoms with Crippen LogP contribution in [-0.4, -0.2) is 37.6 Å². The van der Waals surface area contributed by atoms with E-state index in [2.05, 4.69) is 43.3 Å². The zero-order valence-corrected chi connectivity index (χ0v) is 22.7. The van der Waals surface area contributed by atoms with Gasteiger partial charge in [-0.1, -0.05) is 35.4 Å². The predicted molar refractivity (Wildman–Crippen MR) is 149 cm³/mol. The number of rotatable bonds is 4. The molecule has 2 aromatic carbocycles. The first-order valence-corrected chi connectivity index (χ1v) is 12.6. The molecule has 0 atom stereocenters. The van der Waals surface area contributed by atoms with Crippen molar-refractivity contribution in [1.29, 1.82) is 0 Å². The van der Waals surface area contributed by atoms with Gasteiger partial charge in [-0.25, -0.2) is 9.36 Å². The van der Waals surface area contributed by atoms with E-state index in [9.17, 15) is 14.7 Å². The van der Waals surface area contributed by atoms with Crippen LogP contribution in [0.3, 0.4) is 0 Å². The summed E-state index contributed by atoms with van der Waals surface area (Å²) in [5.74, 6) is -0.230. The van der Waals surface area contributed by atoms with Gasteiger partial charge >= 0.3 is 5.69 Å². The van der Waals surface area contributed by atoms with Gasteiger partial charge in [0.1, 0.15) is 11.4 Å². The molecule has 196 valence electrons. The number of nitrogens with one attached hydrogen (secondary N) is 3. The molecule has 0 saturated carbocycles. The second-order valence-corrected chi connectivity index (χ2v) is 11.5. The maximum Gasteiger partial charge on any atom is 0.335 e. The number of aryl methyl sites for hydroxylation is 3. The summed E-state index contributed by atoms with van der Waals surface area (Å²) < 4.78 is 1.13. The molecule has 4 rings (SSSR count). The van der Waals surface area contributed by atoms with Crippen molar-refractivity contribution in [2.75, 3.05) is 5.32 Å². The summed E-state index contributed by atoms with van der Waals surface area (Å²) in [5, 5.41) is 18.3. The van der Waals surface area contributed by atoms with E-state index in [0.717, 1.165) is 39.8 Å². The van der Waals surface area contributed by atoms with E-state index >= 15 is 0 Å². The second-order valence-electron chi connectivity index (χ2n) is 11.5. The molecule has 1 aliphatic heterocycles. The summed E-state index contributed by atoms with van der Waals surface area (Å²) in [6.45, 7) is 14.3. The fourth-order valence-corrected chi connectivity index (χ4v) is 5.49. The first-order valence-electron chi connectivity index (χ1n) is 12.6. The van der Waals surface area contributed by atoms with Crippen molar-refractivity contribution in [2.45, 2.75) is 78.4 Å². The van der Waals surface area contributed by atoms with E-state index in [-0.39, 0.29) is 28.5 Å². The van der Waals surface area contributed by atoms with Crippen molar-refractivity contribution < 1.29 is 5.11 Å². The molecule has 1 aromatic heterocycles. The number of H-pyrrole nitrogens is 1. The van der Waals surface area contributed by atoms with Crippen LogP contribution in [0.15, 0.2) is 57.0 Å². The Hall–Kier alpha value is -3.65. The van der Waals surface area contributed by atoms with Gasteiger partial charge in [0.15, 0.2) is 0 Å². The zero-order chi connectivity index (χ0) is 27.1. The van der Waals surface area contributed by atoms with Crippen LogP contribution in [0.4, 0.5) is 5.69 Å². The van der Waals surface area contributed by atoms with E-state index in [0.29, 0.717) is 5.69 Å². The third kappa shape index (κ3) is 5.85. The van der Waals surface area contributed by atoms with Crippen molar-refractivity contribution >= 4 is 11.5 Å². The van der Waals surface area contributed by atoms with Gasteiger partial charge in [0.2, 0.25) is 5.88 Å². The summed E-state index contributed by atoms with van der Waals surface area (Å²) in [7, 11) is 0. The third-order valence-corrected chi connectivity index (χ3v) is 6.71. The topological polar surface area (TPSA) is 112 Å². The molecule has 0 bridgehead atoms. The summed E-state index contributed by atoms with van der Waals surface area (Å²) in [5.41, 5.74) is 2.30. The summed E-state index contributed by atoms with van der Waals surface area (Å²) in [4.78, 5) is 33.5. The van der Waals surface area contributed by atoms with Crippen LogP contribution in [0.5, 0.6) is 5.88 Å². The lowest BCUT2D eigenvalue weighted by molar-refractivity contribution is 0.164. The Balaban J connectivity index is 1.91. The van der Waals surface area contributed by atoms with E-state index in [1.54, 1.807) is 6.07 Å². The molecule has 8 nitrogen and oxygen atoms in total. The Bertz CT molecular complexity index is 1450. The van der Waals surface area contributed by atoms with Gasteiger partial charge in [0, 0.05) is 16.8 Å². The fraction of sp³-hybridized carbons (Fsp3) is 0.414. The lowest BCUT2D eigenvalue weighted by Crippen LogP contribution is -2.59. The quantitative estimate of drug-likeness (QED) is 0.313. The molecule has 0 aliphatic carbocycles. The summed E-state index contributed by atoms with van der Waals surface area (Å²) >= 11 is 0. The van der Waals surface area contributed by atoms with Crippen LogP contribution >= 0.6 is 0 Å². The number of aromatic nitrogens is 2. The SMILES string of the molecule is Cc1ccc(NC(=NC2CC(C)(C)NC(C)(C)C2)c2c(O)n(-c3ccc(C)cc3C)c(=O)[nH]c2=O)cc1. The number of anilines is 1. The van der Waals surface area contributed by atoms with Crippen LogP contribution in [0.2, 0.25) is 0 Å². The minimum atomic E-state index is -0.711. The molecule has 1 saturated heterocycles. The number of nitrogens with zero attached hydrogens (tertiary/aromatic N) is 2. The van der Waals surface area contributed by atoms with Crippen molar-refractivity contribution in [3.8, 4) is 11.6 Å². The number of piperidine rings is 1. The molecule has 2 heterocycles. The lowest BCUT2D eigenvalue weighted by Gasteiger charge is -2.45. The number of hydrogen-bond donors (Lipinski definition) is 4. The zero-order valence-electron chi connectivity index (χ0n) is 22.7. The van der Waals surface area contributed by atoms with Crippen molar-refractivity contribution in [1.82, 2.24) is 14.9 Å². The molecular weight excluding hydrogens is 466 g/mol. The average Bonchev–Trinajstić information content (AvgIpc) is 2.74. The van der Waals surface area contributed by atoms with E-state index < -0.39 is 17.1 Å². The number of aromatic amines is 1. The van der Waals surface area contributed by atoms with Crippen LogP contribution in [0.1, 0.15) is 62.8 Å². The minimum Gasteiger partial charge on any atom is -0.493 e. The minimum absolute atomic E-state index is 0.0747. The number of hydrogen-bond acceptors (Lipinski definition) is 5. The van der Waals surface area contributed by atoms with E-state index in [1.165, 1.54) is 0 Å². The molecule has 8 heteroatoms. The van der Waals surface area contributed by atoms with Gasteiger partial charge in [-0.05, 0) is 85.1 Å². The van der Waals surface area contributed by atoms with Crippen molar-refractivity contribution in [3.05, 3.63) is 85.6 Å². The molecule has 0 radical (unpaired) electrons. The molecule has 0 unspecified atom stereocenters. The maximum atomic E-state index is 13.2. The van der Waals surface area contributed by atoms with Crippen LogP contribution in [0, 0.1) is 20.8 Å². The molecule has 0 spiro atoms. The molecular formula is C29H37N5O3. The first-order chi connectivity index (χ1) is 17.2. The molecule has 0 amide bonds. The Kier molecular flexibility index (Phi) is 6.90. The van der Waals surface area contributed by atoms with Gasteiger partial charge in [-0.3, -0.25) is 14.8 Å². The molecule has 1 fully saturated rings. The average molecular weight is 504 g/mol. The van der Waals surface area contributed by atoms with E-state index in [1.807, 2.05) is 57.2 Å². The van der Waals surface area contributed by atoms with Gasteiger partial charge in [-0.15, -0.1) is 0 Å². The maximum absolute atomic E-state index is 13.2. The van der Waals surface area contributed by atoms with Gasteiger partial charge in [0.05, 0.1) is 11.7 Å². The Morgan fingerprint density at radius 1 is 0.973 bits per heavy atom. The number of aromatic hydroxyl groups is 1. The largest absolute Gasteiger partial charge is 0.493 e. The Morgan fingerprint density at radius 2 is 1.57 bits per heavy atom. The molecule has 4 N–H and O–H groups in total. The Morgan fingerprint density at radius 3 is 2.16 bits per heavy atom. The van der Waals surface area contributed by atoms with E-state index in [4.69, 9.17) is 4.99 Å². The highest BCUT2D eigenvalue weighted by molar-refractivity contribution is 6.09. The van der Waals surface area contributed by atoms with Gasteiger partial charge in [-0.2, -0.15) is 0 Å². The third-order valence-electron chi connectivity index (χ3n) is 6.71. The highest BCUT2D eigenvalue weighted by atomic mass is 16.3. The molecule has 3 aromatic rings. The first kappa shape index (κ1) is 26.4. The molecule has 1 aliphatic rings. The second kappa shape index (κ2) is 9.67. The standard InChI is InChI=1S/C29H37N5O3/c1-17-8-11-20(12-9-17)30-24(31-21-15-28(4,5)33-29(6,7)16-21)23-25(35)32-27(37)34(26(23)36)22-13-10-18(2)14-19(22)3/h8-14,21,33,36H,15-16H2,1-7H3,(H,30,31)(H,32,35,37). The van der Waals surface area contributed by atoms with Crippen LogP contribution < -0.4 is 21.9 Å². The van der Waals surface area contributed by atoms with Crippen molar-refractivity contribution in [2.24, 2.45) is 4.99 Å². The van der Waals surface area contributed by atoms with Gasteiger partial charge in [0.25, 0.3) is 5.56 Å². The summed E-state index contributed by atoms with van der Waals surface area (Å²) in [6.07, 6.45) is 1.48. The predicted octanol–water partition coefficient (Wildman–Crippen LogP) is 4.32. The normalized spacial score (nSPS) is 17.5. The monoisotopic (exact) mass is 503 g/mol. The number of aliphatic imine (C=N–C) groups is 1.